The summed E-state index contributed by atoms with van der Waals surface area (Å²) in [5, 5.41) is 39.5. The lowest BCUT2D eigenvalue weighted by atomic mass is 9.53. The van der Waals surface area contributed by atoms with Crippen molar-refractivity contribution in [2.24, 2.45) is 10.8 Å². The Hall–Kier alpha value is -1.90. The van der Waals surface area contributed by atoms with Crippen LogP contribution in [0.2, 0.25) is 0 Å². The average Bonchev–Trinajstić information content (AvgIpc) is 2.77. The molecule has 0 aliphatic heterocycles. The first-order chi connectivity index (χ1) is 16.4. The summed E-state index contributed by atoms with van der Waals surface area (Å²) < 4.78 is 0. The van der Waals surface area contributed by atoms with E-state index < -0.39 is 53.3 Å². The third-order valence-corrected chi connectivity index (χ3v) is 7.00. The van der Waals surface area contributed by atoms with Gasteiger partial charge in [0.2, 0.25) is 0 Å². The lowest BCUT2D eigenvalue weighted by Crippen LogP contribution is -2.61. The molecule has 0 fully saturated rings. The van der Waals surface area contributed by atoms with Crippen LogP contribution in [0.1, 0.15) is 105 Å². The van der Waals surface area contributed by atoms with Gasteiger partial charge < -0.3 is 20.4 Å². The molecule has 0 aromatic heterocycles. The fourth-order valence-corrected chi connectivity index (χ4v) is 5.08. The molecule has 35 heavy (non-hydrogen) atoms. The van der Waals surface area contributed by atoms with Crippen LogP contribution in [0.3, 0.4) is 0 Å². The Morgan fingerprint density at radius 1 is 0.800 bits per heavy atom. The van der Waals surface area contributed by atoms with Gasteiger partial charge in [0.05, 0.1) is 24.2 Å². The monoisotopic (exact) mass is 498 g/mol. The summed E-state index contributed by atoms with van der Waals surface area (Å²) in [7, 11) is 0. The zero-order chi connectivity index (χ0) is 27.1. The van der Waals surface area contributed by atoms with Gasteiger partial charge in [-0.3, -0.25) is 19.2 Å². The summed E-state index contributed by atoms with van der Waals surface area (Å²) in [4.78, 5) is 50.4. The van der Waals surface area contributed by atoms with Gasteiger partial charge in [-0.2, -0.15) is 0 Å². The Balaban J connectivity index is 5.23. The molecule has 4 N–H and O–H groups in total. The molecule has 0 aliphatic rings. The zero-order valence-corrected chi connectivity index (χ0v) is 21.9. The quantitative estimate of drug-likeness (QED) is 0.106. The van der Waals surface area contributed by atoms with E-state index in [9.17, 15) is 39.6 Å². The number of carbonyl (C=O) groups excluding carboxylic acids is 3. The van der Waals surface area contributed by atoms with Crippen molar-refractivity contribution in [1.29, 1.82) is 0 Å². The minimum atomic E-state index is -2.62. The predicted molar refractivity (Wildman–Crippen MR) is 134 cm³/mol. The van der Waals surface area contributed by atoms with Crippen LogP contribution in [0.25, 0.3) is 0 Å². The minimum absolute atomic E-state index is 0.0783. The van der Waals surface area contributed by atoms with Crippen LogP contribution in [-0.2, 0) is 19.2 Å². The van der Waals surface area contributed by atoms with E-state index in [1.807, 2.05) is 12.2 Å². The third kappa shape index (κ3) is 9.24. The Labute approximate surface area is 209 Å². The number of aliphatic carboxylic acids is 1. The molecule has 0 radical (unpaired) electrons. The molecule has 0 spiro atoms. The molecule has 0 aromatic rings. The number of aliphatic hydroxyl groups is 3. The van der Waals surface area contributed by atoms with Gasteiger partial charge in [-0.1, -0.05) is 57.6 Å². The second-order valence-electron chi connectivity index (χ2n) is 9.66. The molecule has 8 heteroatoms. The number of hydrogen-bond acceptors (Lipinski definition) is 7. The smallest absolute Gasteiger partial charge is 0.325 e. The van der Waals surface area contributed by atoms with E-state index in [0.717, 1.165) is 59.3 Å². The number of aliphatic hydroxyl groups excluding tert-OH is 3. The normalized spacial score (nSPS) is 15.5. The van der Waals surface area contributed by atoms with E-state index in [1.54, 1.807) is 0 Å². The van der Waals surface area contributed by atoms with Crippen molar-refractivity contribution >= 4 is 23.3 Å². The highest BCUT2D eigenvalue weighted by atomic mass is 16.4. The molecule has 0 rings (SSSR count). The van der Waals surface area contributed by atoms with Crippen LogP contribution in [0, 0.1) is 10.8 Å². The van der Waals surface area contributed by atoms with Crippen LogP contribution in [0.5, 0.6) is 0 Å². The topological polar surface area (TPSA) is 149 Å². The van der Waals surface area contributed by atoms with Crippen LogP contribution >= 0.6 is 0 Å². The van der Waals surface area contributed by atoms with Crippen molar-refractivity contribution < 1.29 is 39.6 Å². The zero-order valence-electron chi connectivity index (χ0n) is 21.9. The van der Waals surface area contributed by atoms with E-state index in [4.69, 9.17) is 0 Å². The van der Waals surface area contributed by atoms with E-state index in [-0.39, 0.29) is 12.5 Å². The Morgan fingerprint density at radius 2 is 1.40 bits per heavy atom. The van der Waals surface area contributed by atoms with Crippen LogP contribution in [0.4, 0.5) is 0 Å². The Kier molecular flexibility index (Phi) is 15.8. The maximum absolute atomic E-state index is 12.9. The van der Waals surface area contributed by atoms with Crippen LogP contribution in [-0.4, -0.2) is 62.6 Å². The maximum atomic E-state index is 12.9. The van der Waals surface area contributed by atoms with Gasteiger partial charge in [0.1, 0.15) is 5.78 Å². The number of ketones is 3. The van der Waals surface area contributed by atoms with Gasteiger partial charge in [0.25, 0.3) is 0 Å². The fourth-order valence-electron chi connectivity index (χ4n) is 5.08. The van der Waals surface area contributed by atoms with Gasteiger partial charge in [-0.25, -0.2) is 0 Å². The van der Waals surface area contributed by atoms with Crippen molar-refractivity contribution in [1.82, 2.24) is 0 Å². The van der Waals surface area contributed by atoms with E-state index in [2.05, 4.69) is 6.92 Å². The molecular formula is C27H46O8. The number of rotatable bonds is 21. The van der Waals surface area contributed by atoms with Gasteiger partial charge >= 0.3 is 5.97 Å². The van der Waals surface area contributed by atoms with Crippen molar-refractivity contribution in [3.8, 4) is 0 Å². The van der Waals surface area contributed by atoms with Crippen molar-refractivity contribution in [2.45, 2.75) is 117 Å². The Morgan fingerprint density at radius 3 is 1.89 bits per heavy atom. The van der Waals surface area contributed by atoms with Crippen LogP contribution < -0.4 is 0 Å². The van der Waals surface area contributed by atoms with E-state index >= 15 is 0 Å². The summed E-state index contributed by atoms with van der Waals surface area (Å²) in [5.74, 6) is -4.32. The summed E-state index contributed by atoms with van der Waals surface area (Å²) in [6.07, 6.45) is 9.86. The van der Waals surface area contributed by atoms with Gasteiger partial charge in [-0.15, -0.1) is 0 Å². The highest BCUT2D eigenvalue weighted by molar-refractivity contribution is 6.24. The highest BCUT2D eigenvalue weighted by Crippen LogP contribution is 2.50. The lowest BCUT2D eigenvalue weighted by molar-refractivity contribution is -0.176. The highest BCUT2D eigenvalue weighted by Gasteiger charge is 2.65. The SMILES string of the molecule is CCCCCC[C@@H](O)C/C=C\CCCCCC(CC(O)CO)(C(C)=O)C(C(C)=O)(C(C)=O)C(=O)O. The molecule has 0 aliphatic carbocycles. The number of Topliss-reactive ketones (excluding diaryl/α,β-unsaturated/α-hetero) is 3. The molecular weight excluding hydrogens is 452 g/mol. The van der Waals surface area contributed by atoms with Gasteiger partial charge in [0.15, 0.2) is 17.0 Å². The molecule has 202 valence electrons. The Bertz CT molecular complexity index is 678. The molecule has 0 bridgehead atoms. The van der Waals surface area contributed by atoms with Crippen molar-refractivity contribution in [3.63, 3.8) is 0 Å². The first-order valence-corrected chi connectivity index (χ1v) is 12.8. The summed E-state index contributed by atoms with van der Waals surface area (Å²) in [6.45, 7) is 4.50. The number of carboxylic acids is 1. The number of unbranched alkanes of at least 4 members (excludes halogenated alkanes) is 6. The minimum Gasteiger partial charge on any atom is -0.480 e. The summed E-state index contributed by atoms with van der Waals surface area (Å²) in [5.41, 5.74) is -4.58. The van der Waals surface area contributed by atoms with E-state index in [1.165, 1.54) is 6.42 Å². The second-order valence-corrected chi connectivity index (χ2v) is 9.66. The van der Waals surface area contributed by atoms with Gasteiger partial charge in [0, 0.05) is 0 Å². The lowest BCUT2D eigenvalue weighted by Gasteiger charge is -2.44. The first kappa shape index (κ1) is 33.1. The van der Waals surface area contributed by atoms with Crippen molar-refractivity contribution in [2.75, 3.05) is 6.61 Å². The molecule has 0 saturated carbocycles. The number of carboxylic acid groups (broad SMARTS) is 1. The molecule has 0 amide bonds. The maximum Gasteiger partial charge on any atom is 0.325 e. The summed E-state index contributed by atoms with van der Waals surface area (Å²) >= 11 is 0. The van der Waals surface area contributed by atoms with Crippen molar-refractivity contribution in [3.05, 3.63) is 12.2 Å². The molecule has 3 atom stereocenters. The standard InChI is InChI=1S/C27H46O8/c1-5-6-7-12-15-23(32)16-13-10-8-9-11-14-17-26(20(2)29,18-24(33)19-28)27(21(3)30,22(4)31)25(34)35/h10,13,23-24,28,32-33H,5-9,11-12,14-19H2,1-4H3,(H,34,35)/b13-10-/t23-,24?,26?/m1/s1. The number of allylic oxidation sites excluding steroid dienone is 1. The fraction of sp³-hybridized carbons (Fsp3) is 0.778. The molecule has 0 aromatic carbocycles. The number of carbonyl (C=O) groups is 4. The first-order valence-electron chi connectivity index (χ1n) is 12.8. The average molecular weight is 499 g/mol. The third-order valence-electron chi connectivity index (χ3n) is 7.00. The molecule has 8 nitrogen and oxygen atoms in total. The molecule has 0 saturated heterocycles. The molecule has 2 unspecified atom stereocenters. The number of hydrogen-bond donors (Lipinski definition) is 4. The van der Waals surface area contributed by atoms with E-state index in [0.29, 0.717) is 19.3 Å². The molecule has 0 heterocycles. The largest absolute Gasteiger partial charge is 0.480 e. The summed E-state index contributed by atoms with van der Waals surface area (Å²) in [6, 6.07) is 0. The second kappa shape index (κ2) is 16.7. The van der Waals surface area contributed by atoms with Gasteiger partial charge in [-0.05, 0) is 59.3 Å². The predicted octanol–water partition coefficient (Wildman–Crippen LogP) is 3.78. The van der Waals surface area contributed by atoms with Crippen LogP contribution in [0.15, 0.2) is 12.2 Å².